The molecule has 0 bridgehead atoms. The monoisotopic (exact) mass is 239 g/mol. The number of pyridine rings is 2. The van der Waals surface area contributed by atoms with Crippen molar-refractivity contribution in [3.8, 4) is 0 Å². The average Bonchev–Trinajstić information content (AvgIpc) is 2.67. The summed E-state index contributed by atoms with van der Waals surface area (Å²) in [5.74, 6) is 0. The van der Waals surface area contributed by atoms with E-state index in [9.17, 15) is 0 Å². The third kappa shape index (κ3) is 1.79. The molecular weight excluding hydrogens is 226 g/mol. The van der Waals surface area contributed by atoms with Gasteiger partial charge in [-0.1, -0.05) is 0 Å². The molecule has 3 rings (SSSR count). The van der Waals surface area contributed by atoms with E-state index in [0.29, 0.717) is 5.69 Å². The smallest absolute Gasteiger partial charge is 0.157 e. The van der Waals surface area contributed by atoms with E-state index >= 15 is 0 Å². The Bertz CT molecular complexity index is 687. The molecule has 5 nitrogen and oxygen atoms in total. The third-order valence-electron chi connectivity index (χ3n) is 2.90. The van der Waals surface area contributed by atoms with Gasteiger partial charge in [0.15, 0.2) is 5.65 Å². The predicted octanol–water partition coefficient (Wildman–Crippen LogP) is 1.54. The van der Waals surface area contributed by atoms with Crippen molar-refractivity contribution in [3.63, 3.8) is 0 Å². The van der Waals surface area contributed by atoms with Gasteiger partial charge < -0.3 is 5.73 Å². The molecule has 5 heteroatoms. The molecule has 0 unspecified atom stereocenters. The van der Waals surface area contributed by atoms with Gasteiger partial charge in [-0.2, -0.15) is 5.10 Å². The van der Waals surface area contributed by atoms with Crippen molar-refractivity contribution in [2.24, 2.45) is 7.05 Å². The molecule has 3 heterocycles. The molecule has 3 aromatic heterocycles. The standard InChI is InChI=1S/C13H13N5/c1-18-13-11(7-10(14)8-16-13)12(17-18)6-9-2-4-15-5-3-9/h2-5,7-8H,6,14H2,1H3. The fourth-order valence-corrected chi connectivity index (χ4v) is 2.05. The van der Waals surface area contributed by atoms with Crippen molar-refractivity contribution in [2.45, 2.75) is 6.42 Å². The quantitative estimate of drug-likeness (QED) is 0.736. The normalized spacial score (nSPS) is 10.9. The molecule has 0 aromatic carbocycles. The van der Waals surface area contributed by atoms with Crippen LogP contribution in [0.1, 0.15) is 11.3 Å². The summed E-state index contributed by atoms with van der Waals surface area (Å²) in [6, 6.07) is 5.90. The fraction of sp³-hybridized carbons (Fsp3) is 0.154. The topological polar surface area (TPSA) is 69.6 Å². The highest BCUT2D eigenvalue weighted by atomic mass is 15.3. The first-order chi connectivity index (χ1) is 8.74. The molecule has 0 radical (unpaired) electrons. The average molecular weight is 239 g/mol. The first kappa shape index (κ1) is 10.7. The van der Waals surface area contributed by atoms with E-state index in [0.717, 1.165) is 23.1 Å². The molecule has 3 aromatic rings. The number of hydrogen-bond acceptors (Lipinski definition) is 4. The molecule has 18 heavy (non-hydrogen) atoms. The molecule has 90 valence electrons. The van der Waals surface area contributed by atoms with Crippen molar-refractivity contribution in [3.05, 3.63) is 48.0 Å². The number of aromatic nitrogens is 4. The highest BCUT2D eigenvalue weighted by molar-refractivity contribution is 5.81. The van der Waals surface area contributed by atoms with Crippen molar-refractivity contribution >= 4 is 16.7 Å². The Kier molecular flexibility index (Phi) is 2.44. The zero-order valence-corrected chi connectivity index (χ0v) is 10.0. The minimum Gasteiger partial charge on any atom is -0.397 e. The zero-order chi connectivity index (χ0) is 12.5. The summed E-state index contributed by atoms with van der Waals surface area (Å²) in [4.78, 5) is 8.32. The lowest BCUT2D eigenvalue weighted by Gasteiger charge is -1.98. The van der Waals surface area contributed by atoms with Gasteiger partial charge in [0, 0.05) is 31.2 Å². The van der Waals surface area contributed by atoms with Gasteiger partial charge in [0.25, 0.3) is 0 Å². The van der Waals surface area contributed by atoms with Crippen LogP contribution in [0, 0.1) is 0 Å². The second kappa shape index (κ2) is 4.10. The van der Waals surface area contributed by atoms with Gasteiger partial charge in [-0.05, 0) is 23.8 Å². The van der Waals surface area contributed by atoms with E-state index in [-0.39, 0.29) is 0 Å². The Labute approximate surface area is 104 Å². The fourth-order valence-electron chi connectivity index (χ4n) is 2.05. The van der Waals surface area contributed by atoms with Crippen LogP contribution >= 0.6 is 0 Å². The molecule has 0 fully saturated rings. The minimum atomic E-state index is 0.659. The highest BCUT2D eigenvalue weighted by Gasteiger charge is 2.10. The summed E-state index contributed by atoms with van der Waals surface area (Å²) in [5, 5.41) is 5.51. The lowest BCUT2D eigenvalue weighted by Crippen LogP contribution is -1.94. The summed E-state index contributed by atoms with van der Waals surface area (Å²) < 4.78 is 1.78. The van der Waals surface area contributed by atoms with Crippen LogP contribution < -0.4 is 5.73 Å². The van der Waals surface area contributed by atoms with Crippen LogP contribution in [-0.2, 0) is 13.5 Å². The lowest BCUT2D eigenvalue weighted by molar-refractivity contribution is 0.765. The molecular formula is C13H13N5. The molecule has 0 amide bonds. The van der Waals surface area contributed by atoms with E-state index in [2.05, 4.69) is 15.1 Å². The van der Waals surface area contributed by atoms with Gasteiger partial charge in [-0.3, -0.25) is 9.67 Å². The largest absolute Gasteiger partial charge is 0.397 e. The van der Waals surface area contributed by atoms with E-state index in [1.54, 1.807) is 23.3 Å². The van der Waals surface area contributed by atoms with Crippen molar-refractivity contribution in [1.82, 2.24) is 19.7 Å². The van der Waals surface area contributed by atoms with Gasteiger partial charge in [-0.25, -0.2) is 4.98 Å². The molecule has 0 aliphatic carbocycles. The molecule has 2 N–H and O–H groups in total. The second-order valence-corrected chi connectivity index (χ2v) is 4.24. The van der Waals surface area contributed by atoms with Crippen LogP contribution in [0.5, 0.6) is 0 Å². The van der Waals surface area contributed by atoms with Crippen molar-refractivity contribution in [1.29, 1.82) is 0 Å². The van der Waals surface area contributed by atoms with Crippen LogP contribution in [-0.4, -0.2) is 19.7 Å². The Balaban J connectivity index is 2.09. The third-order valence-corrected chi connectivity index (χ3v) is 2.90. The SMILES string of the molecule is Cn1nc(Cc2ccncc2)c2cc(N)cnc21. The zero-order valence-electron chi connectivity index (χ0n) is 10.0. The number of anilines is 1. The number of rotatable bonds is 2. The van der Waals surface area contributed by atoms with Gasteiger partial charge in [-0.15, -0.1) is 0 Å². The number of nitrogens with zero attached hydrogens (tertiary/aromatic N) is 4. The lowest BCUT2D eigenvalue weighted by atomic mass is 10.1. The maximum Gasteiger partial charge on any atom is 0.157 e. The summed E-state index contributed by atoms with van der Waals surface area (Å²) in [5.41, 5.74) is 9.46. The van der Waals surface area contributed by atoms with Crippen LogP contribution in [0.25, 0.3) is 11.0 Å². The van der Waals surface area contributed by atoms with Gasteiger partial charge in [0.05, 0.1) is 17.6 Å². The highest BCUT2D eigenvalue weighted by Crippen LogP contribution is 2.20. The van der Waals surface area contributed by atoms with E-state index < -0.39 is 0 Å². The molecule has 0 aliphatic heterocycles. The Hall–Kier alpha value is -2.43. The number of nitrogens with two attached hydrogens (primary N) is 1. The van der Waals surface area contributed by atoms with E-state index in [1.165, 1.54) is 5.56 Å². The Morgan fingerprint density at radius 2 is 2.06 bits per heavy atom. The number of nitrogen functional groups attached to an aromatic ring is 1. The molecule has 0 saturated heterocycles. The Morgan fingerprint density at radius 3 is 2.83 bits per heavy atom. The predicted molar refractivity (Wildman–Crippen MR) is 70.0 cm³/mol. The summed E-state index contributed by atoms with van der Waals surface area (Å²) in [7, 11) is 1.89. The number of fused-ring (bicyclic) bond motifs is 1. The molecule has 0 aliphatic rings. The van der Waals surface area contributed by atoms with Gasteiger partial charge in [0.1, 0.15) is 0 Å². The molecule has 0 atom stereocenters. The van der Waals surface area contributed by atoms with Gasteiger partial charge >= 0.3 is 0 Å². The van der Waals surface area contributed by atoms with Crippen LogP contribution in [0.3, 0.4) is 0 Å². The number of aryl methyl sites for hydroxylation is 1. The first-order valence-corrected chi connectivity index (χ1v) is 5.70. The maximum atomic E-state index is 5.79. The maximum absolute atomic E-state index is 5.79. The minimum absolute atomic E-state index is 0.659. The summed E-state index contributed by atoms with van der Waals surface area (Å²) in [6.07, 6.45) is 5.98. The van der Waals surface area contributed by atoms with Crippen LogP contribution in [0.2, 0.25) is 0 Å². The number of hydrogen-bond donors (Lipinski definition) is 1. The Morgan fingerprint density at radius 1 is 1.28 bits per heavy atom. The van der Waals surface area contributed by atoms with E-state index in [4.69, 9.17) is 5.73 Å². The molecule has 0 spiro atoms. The summed E-state index contributed by atoms with van der Waals surface area (Å²) >= 11 is 0. The van der Waals surface area contributed by atoms with Crippen LogP contribution in [0.4, 0.5) is 5.69 Å². The van der Waals surface area contributed by atoms with Crippen LogP contribution in [0.15, 0.2) is 36.8 Å². The first-order valence-electron chi connectivity index (χ1n) is 5.70. The van der Waals surface area contributed by atoms with E-state index in [1.807, 2.05) is 25.2 Å². The second-order valence-electron chi connectivity index (χ2n) is 4.24. The van der Waals surface area contributed by atoms with Crippen molar-refractivity contribution < 1.29 is 0 Å². The summed E-state index contributed by atoms with van der Waals surface area (Å²) in [6.45, 7) is 0. The van der Waals surface area contributed by atoms with Crippen molar-refractivity contribution in [2.75, 3.05) is 5.73 Å². The molecule has 0 saturated carbocycles. The van der Waals surface area contributed by atoms with Gasteiger partial charge in [0.2, 0.25) is 0 Å².